The molecule has 0 spiro atoms. The first-order valence-corrected chi connectivity index (χ1v) is 30.0. The Balaban J connectivity index is 0.000000386. The van der Waals surface area contributed by atoms with Crippen molar-refractivity contribution in [1.29, 1.82) is 0 Å². The number of piperidine rings is 2. The van der Waals surface area contributed by atoms with E-state index in [1.54, 1.807) is 79.9 Å². The molecule has 2 atom stereocenters. The van der Waals surface area contributed by atoms with Crippen molar-refractivity contribution in [1.82, 2.24) is 15.5 Å². The van der Waals surface area contributed by atoms with Crippen molar-refractivity contribution in [3.8, 4) is 0 Å². The number of fused-ring (bicyclic) bond motifs is 2. The number of carbonyl (C=O) groups is 8. The van der Waals surface area contributed by atoms with Gasteiger partial charge in [0.05, 0.1) is 22.7 Å². The highest BCUT2D eigenvalue weighted by Gasteiger charge is 2.45. The molecule has 0 saturated carbocycles. The van der Waals surface area contributed by atoms with Crippen LogP contribution in [0.15, 0.2) is 36.4 Å². The van der Waals surface area contributed by atoms with Crippen LogP contribution in [0.4, 0.5) is 8.78 Å². The molecule has 2 aromatic carbocycles. The lowest BCUT2D eigenvalue weighted by Gasteiger charge is -2.27. The lowest BCUT2D eigenvalue weighted by molar-refractivity contribution is -0.137. The molecular formula is C27H25ClF2N4O9S13. The van der Waals surface area contributed by atoms with E-state index in [1.165, 1.54) is 42.0 Å². The minimum absolute atomic E-state index is 0. The average Bonchev–Trinajstić information content (AvgIpc) is 3.58. The molecule has 29 heteroatoms. The molecule has 4 aliphatic heterocycles. The summed E-state index contributed by atoms with van der Waals surface area (Å²) in [6, 6.07) is 6.01. The Bertz CT molecular complexity index is 2410. The molecule has 306 valence electrons. The standard InChI is InChI=1S/C13H9FN2O4.C8H3FO3.C5H8N2O2.CH4.ClH.S13/c14-7-3-1-2-6-10(7)13(20)16(12(6)19)8-4-5-9(17)15-11(8)18;9-5-3-1-2-4-6(5)8(11)12-7(4)10;6-3-1-2-4(8)7-5(3)9;;;1-3-5-7-9-11-13-12-10-8-6-4-2/h1-3,8H,4-5H2,(H,15,17,18);1-3H;3H,1-2,6H2,(H,7,8,9);1H4;1H;. The predicted octanol–water partition coefficient (Wildman–Crippen LogP) is 1.14. The number of nitrogens with two attached hydrogens (primary N) is 1. The summed E-state index contributed by atoms with van der Waals surface area (Å²) in [5.74, 6) is -6.49. The molecule has 4 N–H and O–H groups in total. The van der Waals surface area contributed by atoms with Gasteiger partial charge in [-0.2, -0.15) is 0 Å². The van der Waals surface area contributed by atoms with E-state index >= 15 is 0 Å². The number of esters is 2. The summed E-state index contributed by atoms with van der Waals surface area (Å²) in [5, 5.41) is 4.20. The van der Waals surface area contributed by atoms with Gasteiger partial charge in [0.2, 0.25) is 23.6 Å². The molecule has 0 aliphatic carbocycles. The van der Waals surface area contributed by atoms with Gasteiger partial charge in [-0.25, -0.2) is 18.4 Å². The van der Waals surface area contributed by atoms with Crippen LogP contribution in [0.3, 0.4) is 0 Å². The molecular weight excluding hydrogens is 1010 g/mol. The van der Waals surface area contributed by atoms with Crippen LogP contribution in [-0.4, -0.2) is 64.4 Å². The second kappa shape index (κ2) is 26.9. The van der Waals surface area contributed by atoms with Crippen molar-refractivity contribution in [2.45, 2.75) is 45.2 Å². The number of imide groups is 3. The molecule has 2 fully saturated rings. The van der Waals surface area contributed by atoms with Crippen LogP contribution >= 0.6 is 12.4 Å². The van der Waals surface area contributed by atoms with Crippen molar-refractivity contribution in [2.24, 2.45) is 5.73 Å². The second-order valence-electron chi connectivity index (χ2n) is 9.76. The van der Waals surface area contributed by atoms with Crippen molar-refractivity contribution in [3.63, 3.8) is 0 Å². The number of benzene rings is 2. The summed E-state index contributed by atoms with van der Waals surface area (Å²) in [6.45, 7) is 0. The fourth-order valence-corrected chi connectivity index (χ4v) is 29.1. The lowest BCUT2D eigenvalue weighted by Crippen LogP contribution is -2.54. The third-order valence-corrected chi connectivity index (χ3v) is 28.8. The second-order valence-corrected chi connectivity index (χ2v) is 29.2. The summed E-state index contributed by atoms with van der Waals surface area (Å²) < 4.78 is 30.7. The number of amides is 6. The van der Waals surface area contributed by atoms with Crippen molar-refractivity contribution < 1.29 is 51.9 Å². The van der Waals surface area contributed by atoms with Gasteiger partial charge in [-0.15, -0.1) is 12.4 Å². The third-order valence-electron chi connectivity index (χ3n) is 6.60. The first kappa shape index (κ1) is 52.0. The smallest absolute Gasteiger partial charge is 0.349 e. The van der Waals surface area contributed by atoms with Gasteiger partial charge in [-0.1, -0.05) is 19.6 Å². The zero-order valence-electron chi connectivity index (χ0n) is 26.6. The molecule has 2 saturated heterocycles. The third kappa shape index (κ3) is 15.3. The van der Waals surface area contributed by atoms with Crippen molar-refractivity contribution in [2.75, 3.05) is 0 Å². The monoisotopic (exact) mass is 1040 g/mol. The van der Waals surface area contributed by atoms with E-state index in [1.807, 2.05) is 0 Å². The summed E-state index contributed by atoms with van der Waals surface area (Å²) >= 11 is 9.40. The summed E-state index contributed by atoms with van der Waals surface area (Å²) in [6.07, 6.45) is 0.932. The Hall–Kier alpha value is -2.03. The topological polar surface area (TPSA) is 199 Å². The number of nitrogens with zero attached hydrogens (tertiary/aromatic N) is 1. The Morgan fingerprint density at radius 3 is 1.55 bits per heavy atom. The molecule has 6 amide bonds. The molecule has 56 heavy (non-hydrogen) atoms. The highest BCUT2D eigenvalue weighted by molar-refractivity contribution is 8.75. The fraction of sp³-hybridized carbons (Fsp3) is 0.259. The van der Waals surface area contributed by atoms with E-state index in [0.717, 1.165) is 17.0 Å². The van der Waals surface area contributed by atoms with Gasteiger partial charge in [0.15, 0.2) is 0 Å². The normalized spacial score (nSPS) is 17.1. The molecule has 2 unspecified atom stereocenters. The van der Waals surface area contributed by atoms with E-state index in [-0.39, 0.29) is 66.7 Å². The average molecular weight is 1040 g/mol. The molecule has 4 aliphatic rings. The SMILES string of the molecule is C.Cl.NC1CCC(=O)NC1=O.O=C1CCC(N2C(=O)c3cccc(F)c3C2=O)C(=O)N1.O=C1OC(=O)c2c(F)cccc21.S=S=S=S=S=S=S=S=S=S=S=S=S. The van der Waals surface area contributed by atoms with E-state index in [9.17, 15) is 47.1 Å². The van der Waals surface area contributed by atoms with Gasteiger partial charge in [0, 0.05) is 133 Å². The highest BCUT2D eigenvalue weighted by atomic mass is 35.5. The van der Waals surface area contributed by atoms with Crippen LogP contribution < -0.4 is 16.4 Å². The molecule has 6 rings (SSSR count). The zero-order chi connectivity index (χ0) is 39.8. The predicted molar refractivity (Wildman–Crippen MR) is 239 cm³/mol. The maximum absolute atomic E-state index is 13.7. The molecule has 0 radical (unpaired) electrons. The summed E-state index contributed by atoms with van der Waals surface area (Å²) in [7, 11) is 18.1. The van der Waals surface area contributed by atoms with E-state index < -0.39 is 59.3 Å². The van der Waals surface area contributed by atoms with Crippen LogP contribution in [0.5, 0.6) is 0 Å². The van der Waals surface area contributed by atoms with Gasteiger partial charge in [0.1, 0.15) is 23.2 Å². The van der Waals surface area contributed by atoms with Gasteiger partial charge >= 0.3 is 11.9 Å². The van der Waals surface area contributed by atoms with Crippen LogP contribution in [-0.2, 0) is 144 Å². The Morgan fingerprint density at radius 1 is 0.643 bits per heavy atom. The maximum Gasteiger partial charge on any atom is 0.349 e. The van der Waals surface area contributed by atoms with Gasteiger partial charge in [-0.05, 0) is 37.1 Å². The van der Waals surface area contributed by atoms with Crippen LogP contribution in [0.2, 0.25) is 0 Å². The van der Waals surface area contributed by atoms with Crippen LogP contribution in [0, 0.1) is 11.6 Å². The lowest BCUT2D eigenvalue weighted by atomic mass is 10.0. The van der Waals surface area contributed by atoms with E-state index in [4.69, 9.17) is 28.1 Å². The Kier molecular flexibility index (Phi) is 24.9. The van der Waals surface area contributed by atoms with Crippen LogP contribution in [0.25, 0.3) is 0 Å². The number of hydrogen-bond acceptors (Lipinski definition) is 12. The number of hydrogen-bond donors (Lipinski definition) is 3. The first-order valence-electron chi connectivity index (χ1n) is 14.0. The first-order chi connectivity index (χ1) is 25.8. The number of nitrogens with one attached hydrogen (secondary N) is 2. The van der Waals surface area contributed by atoms with E-state index in [0.29, 0.717) is 12.8 Å². The number of carbonyl (C=O) groups excluding carboxylic acids is 8. The zero-order valence-corrected chi connectivity index (χ0v) is 38.0. The van der Waals surface area contributed by atoms with Crippen molar-refractivity contribution in [3.05, 3.63) is 70.3 Å². The molecule has 0 bridgehead atoms. The molecule has 0 aromatic heterocycles. The quantitative estimate of drug-likeness (QED) is 0.210. The Labute approximate surface area is 364 Å². The minimum atomic E-state index is -1.07. The molecule has 13 nitrogen and oxygen atoms in total. The number of ether oxygens (including phenoxy) is 1. The highest BCUT2D eigenvalue weighted by Crippen LogP contribution is 2.29. The number of halogens is 3. The van der Waals surface area contributed by atoms with Crippen molar-refractivity contribution >= 4 is 180 Å². The van der Waals surface area contributed by atoms with Crippen LogP contribution in [0.1, 0.15) is 74.5 Å². The maximum atomic E-state index is 13.7. The van der Waals surface area contributed by atoms with E-state index in [2.05, 4.69) is 15.4 Å². The number of cyclic esters (lactones) is 2. The largest absolute Gasteiger partial charge is 0.386 e. The fourth-order valence-electron chi connectivity index (χ4n) is 4.38. The summed E-state index contributed by atoms with van der Waals surface area (Å²) in [5.41, 5.74) is 4.64. The summed E-state index contributed by atoms with van der Waals surface area (Å²) in [4.78, 5) is 90.5. The Morgan fingerprint density at radius 2 is 1.11 bits per heavy atom. The van der Waals surface area contributed by atoms with Gasteiger partial charge < -0.3 is 10.5 Å². The molecule has 2 aromatic rings. The minimum Gasteiger partial charge on any atom is -0.386 e. The van der Waals surface area contributed by atoms with Gasteiger partial charge in [0.25, 0.3) is 11.8 Å². The van der Waals surface area contributed by atoms with Gasteiger partial charge in [-0.3, -0.25) is 44.3 Å². The number of rotatable bonds is 1. The molecule has 4 heterocycles.